The molecule has 1 saturated heterocycles. The molecular weight excluding hydrogens is 413 g/mol. The number of benzene rings is 3. The highest BCUT2D eigenvalue weighted by molar-refractivity contribution is 8.15. The maximum atomic E-state index is 13.1. The Balaban J connectivity index is 1.57. The number of halogens is 1. The van der Waals surface area contributed by atoms with Gasteiger partial charge in [0.05, 0.1) is 12.2 Å². The van der Waals surface area contributed by atoms with Crippen LogP contribution in [0, 0.1) is 5.82 Å². The van der Waals surface area contributed by atoms with Gasteiger partial charge in [-0.25, -0.2) is 9.38 Å². The van der Waals surface area contributed by atoms with Crippen LogP contribution in [-0.2, 0) is 16.1 Å². The van der Waals surface area contributed by atoms with Crippen molar-refractivity contribution in [2.24, 2.45) is 4.99 Å². The molecule has 1 atom stereocenters. The van der Waals surface area contributed by atoms with Crippen LogP contribution in [-0.4, -0.2) is 27.1 Å². The Labute approximate surface area is 184 Å². The highest BCUT2D eigenvalue weighted by Crippen LogP contribution is 2.31. The standard InChI is InChI=1S/C24H20FN3O2S/c25-18-11-13-20(14-12-18)26-23(30)21-15-22(29)28(16-17-7-3-1-4-8-17)24(31-21)27-19-9-5-2-6-10-19/h1-14,21H,15-16H2,(H,26,30)/t21-/m1/s1. The molecule has 3 aromatic carbocycles. The maximum Gasteiger partial charge on any atom is 0.238 e. The average molecular weight is 434 g/mol. The molecule has 0 aromatic heterocycles. The molecule has 1 fully saturated rings. The van der Waals surface area contributed by atoms with Crippen molar-refractivity contribution in [3.63, 3.8) is 0 Å². The zero-order chi connectivity index (χ0) is 21.6. The quantitative estimate of drug-likeness (QED) is 0.617. The van der Waals surface area contributed by atoms with Crippen LogP contribution in [0.1, 0.15) is 12.0 Å². The van der Waals surface area contributed by atoms with Crippen LogP contribution in [0.3, 0.4) is 0 Å². The van der Waals surface area contributed by atoms with E-state index in [0.717, 1.165) is 5.56 Å². The first kappa shape index (κ1) is 20.8. The van der Waals surface area contributed by atoms with Gasteiger partial charge in [0.15, 0.2) is 5.17 Å². The third-order valence-electron chi connectivity index (χ3n) is 4.71. The molecule has 0 saturated carbocycles. The van der Waals surface area contributed by atoms with E-state index in [0.29, 0.717) is 23.1 Å². The smallest absolute Gasteiger partial charge is 0.238 e. The van der Waals surface area contributed by atoms with Gasteiger partial charge in [-0.3, -0.25) is 14.5 Å². The summed E-state index contributed by atoms with van der Waals surface area (Å²) in [4.78, 5) is 32.1. The Morgan fingerprint density at radius 1 is 1.00 bits per heavy atom. The Bertz CT molecular complexity index is 1090. The van der Waals surface area contributed by atoms with E-state index in [1.54, 1.807) is 4.90 Å². The molecule has 0 radical (unpaired) electrons. The first-order valence-corrected chi connectivity index (χ1v) is 10.7. The summed E-state index contributed by atoms with van der Waals surface area (Å²) >= 11 is 1.26. The fraction of sp³-hybridized carbons (Fsp3) is 0.125. The predicted molar refractivity (Wildman–Crippen MR) is 122 cm³/mol. The molecule has 2 amide bonds. The number of amides is 2. The van der Waals surface area contributed by atoms with Crippen LogP contribution >= 0.6 is 11.8 Å². The van der Waals surface area contributed by atoms with Gasteiger partial charge in [-0.15, -0.1) is 0 Å². The summed E-state index contributed by atoms with van der Waals surface area (Å²) in [5.74, 6) is -0.865. The minimum absolute atomic E-state index is 0.0539. The van der Waals surface area contributed by atoms with Gasteiger partial charge in [-0.1, -0.05) is 60.3 Å². The van der Waals surface area contributed by atoms with E-state index < -0.39 is 5.25 Å². The second-order valence-electron chi connectivity index (χ2n) is 7.00. The topological polar surface area (TPSA) is 61.8 Å². The number of anilines is 1. The number of aliphatic imine (C=N–C) groups is 1. The van der Waals surface area contributed by atoms with Gasteiger partial charge < -0.3 is 5.32 Å². The number of hydrogen-bond acceptors (Lipinski definition) is 4. The number of amidine groups is 1. The van der Waals surface area contributed by atoms with E-state index in [1.165, 1.54) is 36.0 Å². The lowest BCUT2D eigenvalue weighted by atomic mass is 10.2. The van der Waals surface area contributed by atoms with Gasteiger partial charge in [0.25, 0.3) is 0 Å². The molecule has 7 heteroatoms. The maximum absolute atomic E-state index is 13.1. The molecule has 1 heterocycles. The summed E-state index contributed by atoms with van der Waals surface area (Å²) in [6.45, 7) is 0.380. The minimum Gasteiger partial charge on any atom is -0.325 e. The third-order valence-corrected chi connectivity index (χ3v) is 5.90. The van der Waals surface area contributed by atoms with Gasteiger partial charge in [0.1, 0.15) is 11.1 Å². The Morgan fingerprint density at radius 3 is 2.32 bits per heavy atom. The van der Waals surface area contributed by atoms with Crippen molar-refractivity contribution in [3.8, 4) is 0 Å². The number of carbonyl (C=O) groups excluding carboxylic acids is 2. The zero-order valence-corrected chi connectivity index (χ0v) is 17.4. The monoisotopic (exact) mass is 433 g/mol. The lowest BCUT2D eigenvalue weighted by molar-refractivity contribution is -0.129. The molecule has 1 aliphatic heterocycles. The largest absolute Gasteiger partial charge is 0.325 e. The van der Waals surface area contributed by atoms with Crippen molar-refractivity contribution >= 4 is 40.1 Å². The van der Waals surface area contributed by atoms with Gasteiger partial charge in [0.2, 0.25) is 11.8 Å². The Kier molecular flexibility index (Phi) is 6.43. The second kappa shape index (κ2) is 9.57. The molecule has 0 unspecified atom stereocenters. The molecule has 1 aliphatic rings. The van der Waals surface area contributed by atoms with Crippen LogP contribution in [0.25, 0.3) is 0 Å². The van der Waals surface area contributed by atoms with E-state index in [1.807, 2.05) is 60.7 Å². The molecule has 31 heavy (non-hydrogen) atoms. The minimum atomic E-state index is -0.632. The van der Waals surface area contributed by atoms with Crippen LogP contribution in [0.15, 0.2) is 89.9 Å². The van der Waals surface area contributed by atoms with E-state index >= 15 is 0 Å². The van der Waals surface area contributed by atoms with Crippen molar-refractivity contribution in [2.45, 2.75) is 18.2 Å². The number of hydrogen-bond donors (Lipinski definition) is 1. The molecule has 0 spiro atoms. The summed E-state index contributed by atoms with van der Waals surface area (Å²) in [5.41, 5.74) is 2.16. The highest BCUT2D eigenvalue weighted by Gasteiger charge is 2.36. The van der Waals surface area contributed by atoms with Gasteiger partial charge in [0, 0.05) is 12.1 Å². The molecule has 5 nitrogen and oxygen atoms in total. The number of para-hydroxylation sites is 1. The van der Waals surface area contributed by atoms with Crippen LogP contribution in [0.5, 0.6) is 0 Å². The number of nitrogens with zero attached hydrogens (tertiary/aromatic N) is 2. The highest BCUT2D eigenvalue weighted by atomic mass is 32.2. The number of thioether (sulfide) groups is 1. The number of carbonyl (C=O) groups is 2. The van der Waals surface area contributed by atoms with E-state index in [2.05, 4.69) is 10.3 Å². The molecular formula is C24H20FN3O2S. The van der Waals surface area contributed by atoms with Crippen LogP contribution in [0.4, 0.5) is 15.8 Å². The van der Waals surface area contributed by atoms with E-state index in [9.17, 15) is 14.0 Å². The van der Waals surface area contributed by atoms with Crippen molar-refractivity contribution in [3.05, 3.63) is 96.3 Å². The first-order chi connectivity index (χ1) is 15.1. The second-order valence-corrected chi connectivity index (χ2v) is 8.17. The van der Waals surface area contributed by atoms with Gasteiger partial charge >= 0.3 is 0 Å². The summed E-state index contributed by atoms with van der Waals surface area (Å²) in [5, 5.41) is 2.60. The summed E-state index contributed by atoms with van der Waals surface area (Å²) in [7, 11) is 0. The van der Waals surface area contributed by atoms with E-state index in [4.69, 9.17) is 0 Å². The zero-order valence-electron chi connectivity index (χ0n) is 16.6. The normalized spacial score (nSPS) is 17.6. The Hall–Kier alpha value is -3.45. The molecule has 1 N–H and O–H groups in total. The van der Waals surface area contributed by atoms with Crippen LogP contribution in [0.2, 0.25) is 0 Å². The number of nitrogens with one attached hydrogen (secondary N) is 1. The lowest BCUT2D eigenvalue weighted by Gasteiger charge is -2.32. The van der Waals surface area contributed by atoms with Crippen molar-refractivity contribution in [1.82, 2.24) is 4.90 Å². The van der Waals surface area contributed by atoms with Gasteiger partial charge in [-0.05, 0) is 42.0 Å². The van der Waals surface area contributed by atoms with Gasteiger partial charge in [-0.2, -0.15) is 0 Å². The van der Waals surface area contributed by atoms with Crippen molar-refractivity contribution in [1.29, 1.82) is 0 Å². The molecule has 156 valence electrons. The van der Waals surface area contributed by atoms with Crippen LogP contribution < -0.4 is 5.32 Å². The fourth-order valence-corrected chi connectivity index (χ4v) is 4.23. The molecule has 4 rings (SSSR count). The number of rotatable bonds is 5. The lowest BCUT2D eigenvalue weighted by Crippen LogP contribution is -2.44. The summed E-state index contributed by atoms with van der Waals surface area (Å²) in [6, 6.07) is 24.5. The van der Waals surface area contributed by atoms with Crippen molar-refractivity contribution < 1.29 is 14.0 Å². The molecule has 3 aromatic rings. The summed E-state index contributed by atoms with van der Waals surface area (Å²) < 4.78 is 13.1. The van der Waals surface area contributed by atoms with E-state index in [-0.39, 0.29) is 24.1 Å². The Morgan fingerprint density at radius 2 is 1.65 bits per heavy atom. The SMILES string of the molecule is O=C(Nc1ccc(F)cc1)[C@H]1CC(=O)N(Cc2ccccc2)C(=Nc2ccccc2)S1. The molecule has 0 aliphatic carbocycles. The first-order valence-electron chi connectivity index (χ1n) is 9.79. The fourth-order valence-electron chi connectivity index (χ4n) is 3.13. The molecule has 0 bridgehead atoms. The summed E-state index contributed by atoms with van der Waals surface area (Å²) in [6.07, 6.45) is 0.0539. The third kappa shape index (κ3) is 5.38. The van der Waals surface area contributed by atoms with Crippen molar-refractivity contribution in [2.75, 3.05) is 5.32 Å². The average Bonchev–Trinajstić information content (AvgIpc) is 2.79. The predicted octanol–water partition coefficient (Wildman–Crippen LogP) is 4.99.